The Morgan fingerprint density at radius 1 is 1.78 bits per heavy atom. The van der Waals surface area contributed by atoms with Gasteiger partial charge in [-0.25, -0.2) is 0 Å². The Bertz CT molecular complexity index is 195. The van der Waals surface area contributed by atoms with Crippen LogP contribution in [0, 0.1) is 0 Å². The summed E-state index contributed by atoms with van der Waals surface area (Å²) < 4.78 is 0. The van der Waals surface area contributed by atoms with Crippen molar-refractivity contribution in [3.8, 4) is 0 Å². The highest BCUT2D eigenvalue weighted by Gasteiger charge is 1.93. The van der Waals surface area contributed by atoms with Gasteiger partial charge >= 0.3 is 5.37 Å². The van der Waals surface area contributed by atoms with Crippen LogP contribution in [0.25, 0.3) is 0 Å². The Kier molecular flexibility index (Phi) is 1.75. The molecule has 0 bridgehead atoms. The molecule has 0 saturated heterocycles. The maximum absolute atomic E-state index is 10.1. The molecule has 48 valence electrons. The highest BCUT2D eigenvalue weighted by atomic mass is 35.5. The zero-order valence-corrected chi connectivity index (χ0v) is 5.27. The van der Waals surface area contributed by atoms with Gasteiger partial charge in [0.05, 0.1) is 0 Å². The highest BCUT2D eigenvalue weighted by molar-refractivity contribution is 6.65. The van der Waals surface area contributed by atoms with Crippen LogP contribution in [-0.4, -0.2) is 10.4 Å². The fraction of sp³-hybridized carbons (Fsp3) is 0. The third-order valence-electron chi connectivity index (χ3n) is 0.831. The van der Waals surface area contributed by atoms with Gasteiger partial charge < -0.3 is 4.98 Å². The number of carbonyl (C=O) groups is 1. The lowest BCUT2D eigenvalue weighted by Crippen LogP contribution is -2.00. The first-order valence-corrected chi connectivity index (χ1v) is 2.77. The first kappa shape index (κ1) is 6.16. The van der Waals surface area contributed by atoms with Gasteiger partial charge in [0.1, 0.15) is 5.82 Å². The molecule has 0 saturated carbocycles. The van der Waals surface area contributed by atoms with Crippen molar-refractivity contribution in [2.45, 2.75) is 0 Å². The number of aromatic nitrogens is 1. The Labute approximate surface area is 57.0 Å². The van der Waals surface area contributed by atoms with Crippen LogP contribution in [0.5, 0.6) is 0 Å². The number of hydrogen-bond donors (Lipinski definition) is 2. The van der Waals surface area contributed by atoms with E-state index < -0.39 is 5.37 Å². The van der Waals surface area contributed by atoms with Crippen LogP contribution in [-0.2, 0) is 0 Å². The van der Waals surface area contributed by atoms with Gasteiger partial charge in [-0.3, -0.25) is 10.1 Å². The third-order valence-corrected chi connectivity index (χ3v) is 0.925. The first-order valence-electron chi connectivity index (χ1n) is 2.39. The van der Waals surface area contributed by atoms with Crippen LogP contribution >= 0.6 is 11.6 Å². The fourth-order valence-electron chi connectivity index (χ4n) is 0.514. The van der Waals surface area contributed by atoms with Crippen LogP contribution in [0.3, 0.4) is 0 Å². The van der Waals surface area contributed by atoms with Gasteiger partial charge in [-0.15, -0.1) is 0 Å². The normalized spacial score (nSPS) is 9.00. The predicted molar refractivity (Wildman–Crippen MR) is 35.7 cm³/mol. The SMILES string of the molecule is O=C(Cl)Nc1ccc[nH]1. The lowest BCUT2D eigenvalue weighted by molar-refractivity contribution is 0.269. The van der Waals surface area contributed by atoms with Gasteiger partial charge in [0.15, 0.2) is 0 Å². The Morgan fingerprint density at radius 2 is 2.56 bits per heavy atom. The molecule has 0 unspecified atom stereocenters. The van der Waals surface area contributed by atoms with Crippen molar-refractivity contribution in [3.63, 3.8) is 0 Å². The molecule has 1 aromatic heterocycles. The zero-order chi connectivity index (χ0) is 6.69. The molecule has 3 nitrogen and oxygen atoms in total. The summed E-state index contributed by atoms with van der Waals surface area (Å²) in [6.07, 6.45) is 1.70. The minimum atomic E-state index is -0.586. The van der Waals surface area contributed by atoms with Gasteiger partial charge in [-0.05, 0) is 23.7 Å². The van der Waals surface area contributed by atoms with Crippen molar-refractivity contribution in [2.75, 3.05) is 5.32 Å². The van der Waals surface area contributed by atoms with E-state index in [1.165, 1.54) is 0 Å². The molecule has 0 atom stereocenters. The topological polar surface area (TPSA) is 44.9 Å². The first-order chi connectivity index (χ1) is 4.29. The van der Waals surface area contributed by atoms with Crippen LogP contribution in [0.2, 0.25) is 0 Å². The number of aromatic amines is 1. The number of rotatable bonds is 1. The third kappa shape index (κ3) is 1.77. The standard InChI is InChI=1S/C5H5ClN2O/c6-5(9)8-4-2-1-3-7-4/h1-3,7H,(H,8,9). The molecule has 0 aliphatic carbocycles. The van der Waals surface area contributed by atoms with E-state index in [0.29, 0.717) is 5.82 Å². The number of nitrogens with one attached hydrogen (secondary N) is 2. The smallest absolute Gasteiger partial charge is 0.319 e. The molecule has 1 heterocycles. The number of hydrogen-bond acceptors (Lipinski definition) is 1. The van der Waals surface area contributed by atoms with Crippen molar-refractivity contribution >= 4 is 22.8 Å². The van der Waals surface area contributed by atoms with Gasteiger partial charge in [-0.2, -0.15) is 0 Å². The number of anilines is 1. The fourth-order valence-corrected chi connectivity index (χ4v) is 0.616. The second-order valence-corrected chi connectivity index (χ2v) is 1.83. The second-order valence-electron chi connectivity index (χ2n) is 1.48. The molecule has 1 aromatic rings. The molecular weight excluding hydrogens is 140 g/mol. The molecule has 2 N–H and O–H groups in total. The van der Waals surface area contributed by atoms with E-state index in [1.807, 2.05) is 0 Å². The molecule has 0 radical (unpaired) electrons. The van der Waals surface area contributed by atoms with E-state index >= 15 is 0 Å². The molecule has 9 heavy (non-hydrogen) atoms. The van der Waals surface area contributed by atoms with Crippen LogP contribution in [0.4, 0.5) is 10.6 Å². The molecule has 1 amide bonds. The quantitative estimate of drug-likeness (QED) is 0.458. The average molecular weight is 145 g/mol. The zero-order valence-electron chi connectivity index (χ0n) is 4.52. The van der Waals surface area contributed by atoms with Gasteiger partial charge in [-0.1, -0.05) is 0 Å². The molecule has 0 aromatic carbocycles. The Morgan fingerprint density at radius 3 is 3.00 bits per heavy atom. The van der Waals surface area contributed by atoms with E-state index in [0.717, 1.165) is 0 Å². The largest absolute Gasteiger partial charge is 0.348 e. The average Bonchev–Trinajstić information content (AvgIpc) is 2.15. The van der Waals surface area contributed by atoms with E-state index in [-0.39, 0.29) is 0 Å². The molecule has 4 heteroatoms. The minimum absolute atomic E-state index is 0.586. The van der Waals surface area contributed by atoms with Crippen LogP contribution in [0.1, 0.15) is 0 Å². The van der Waals surface area contributed by atoms with E-state index in [2.05, 4.69) is 10.3 Å². The maximum Gasteiger partial charge on any atom is 0.319 e. The summed E-state index contributed by atoms with van der Waals surface area (Å²) in [4.78, 5) is 12.9. The van der Waals surface area contributed by atoms with E-state index in [1.54, 1.807) is 18.3 Å². The van der Waals surface area contributed by atoms with E-state index in [4.69, 9.17) is 11.6 Å². The molecule has 0 fully saturated rings. The highest BCUT2D eigenvalue weighted by Crippen LogP contribution is 2.01. The van der Waals surface area contributed by atoms with Crippen molar-refractivity contribution < 1.29 is 4.79 Å². The summed E-state index contributed by atoms with van der Waals surface area (Å²) in [7, 11) is 0. The summed E-state index contributed by atoms with van der Waals surface area (Å²) in [5.74, 6) is 0.606. The van der Waals surface area contributed by atoms with Gasteiger partial charge in [0.25, 0.3) is 0 Å². The number of H-pyrrole nitrogens is 1. The molecule has 0 aliphatic heterocycles. The molecular formula is C5H5ClN2O. The molecule has 1 rings (SSSR count). The summed E-state index contributed by atoms with van der Waals surface area (Å²) in [5.41, 5.74) is 0. The van der Waals surface area contributed by atoms with Crippen molar-refractivity contribution in [3.05, 3.63) is 18.3 Å². The van der Waals surface area contributed by atoms with Crippen molar-refractivity contribution in [2.24, 2.45) is 0 Å². The monoisotopic (exact) mass is 144 g/mol. The summed E-state index contributed by atoms with van der Waals surface area (Å²) in [5, 5.41) is 1.77. The lowest BCUT2D eigenvalue weighted by atomic mass is 10.6. The summed E-state index contributed by atoms with van der Waals surface area (Å²) in [6, 6.07) is 3.47. The Balaban J connectivity index is 2.58. The molecule has 0 aliphatic rings. The van der Waals surface area contributed by atoms with Crippen LogP contribution in [0.15, 0.2) is 18.3 Å². The summed E-state index contributed by atoms with van der Waals surface area (Å²) >= 11 is 5.00. The predicted octanol–water partition coefficient (Wildman–Crippen LogP) is 1.79. The maximum atomic E-state index is 10.1. The number of halogens is 1. The van der Waals surface area contributed by atoms with Crippen molar-refractivity contribution in [1.29, 1.82) is 0 Å². The Hall–Kier alpha value is -0.960. The lowest BCUT2D eigenvalue weighted by Gasteiger charge is -1.91. The van der Waals surface area contributed by atoms with Crippen molar-refractivity contribution in [1.82, 2.24) is 4.98 Å². The number of carbonyl (C=O) groups excluding carboxylic acids is 1. The van der Waals surface area contributed by atoms with Gasteiger partial charge in [0, 0.05) is 6.20 Å². The number of amides is 1. The van der Waals surface area contributed by atoms with Gasteiger partial charge in [0.2, 0.25) is 0 Å². The van der Waals surface area contributed by atoms with E-state index in [9.17, 15) is 4.79 Å². The summed E-state index contributed by atoms with van der Waals surface area (Å²) in [6.45, 7) is 0. The van der Waals surface area contributed by atoms with Crippen LogP contribution < -0.4 is 5.32 Å². The molecule has 0 spiro atoms. The minimum Gasteiger partial charge on any atom is -0.348 e. The second kappa shape index (κ2) is 2.55.